The van der Waals surface area contributed by atoms with Crippen LogP contribution in [-0.4, -0.2) is 51.0 Å². The summed E-state index contributed by atoms with van der Waals surface area (Å²) in [6, 6.07) is 3.62. The number of hydrogen-bond donors (Lipinski definition) is 0. The fourth-order valence-corrected chi connectivity index (χ4v) is 2.01. The second kappa shape index (κ2) is 4.68. The van der Waals surface area contributed by atoms with Crippen molar-refractivity contribution >= 4 is 5.91 Å². The molecule has 0 aromatic carbocycles. The van der Waals surface area contributed by atoms with Crippen LogP contribution in [0.1, 0.15) is 16.4 Å². The second-order valence-corrected chi connectivity index (χ2v) is 4.34. The Morgan fingerprint density at radius 2 is 2.26 bits per heavy atom. The molecule has 19 heavy (non-hydrogen) atoms. The highest BCUT2D eigenvalue weighted by atomic mass is 16.5. The molecule has 1 fully saturated rings. The normalized spacial score (nSPS) is 15.1. The van der Waals surface area contributed by atoms with E-state index in [1.807, 2.05) is 0 Å². The first-order valence-corrected chi connectivity index (χ1v) is 5.93. The van der Waals surface area contributed by atoms with E-state index < -0.39 is 0 Å². The third-order valence-electron chi connectivity index (χ3n) is 3.16. The van der Waals surface area contributed by atoms with Crippen LogP contribution in [0.3, 0.4) is 0 Å². The predicted molar refractivity (Wildman–Crippen MR) is 65.8 cm³/mol. The first-order valence-electron chi connectivity index (χ1n) is 5.93. The average molecular weight is 259 g/mol. The molecular weight excluding hydrogens is 246 g/mol. The molecule has 0 radical (unpaired) electrons. The maximum Gasteiger partial charge on any atom is 0.255 e. The van der Waals surface area contributed by atoms with Gasteiger partial charge < -0.3 is 9.64 Å². The third kappa shape index (κ3) is 2.14. The summed E-state index contributed by atoms with van der Waals surface area (Å²) < 4.78 is 6.74. The smallest absolute Gasteiger partial charge is 0.255 e. The molecule has 0 saturated carbocycles. The molecule has 0 atom stereocenters. The topological polar surface area (TPSA) is 73.1 Å². The minimum atomic E-state index is -0.0217. The molecule has 3 heterocycles. The SMILES string of the molecule is COc1ccc(C(=O)N2CC(n3ccnn3)C2)cn1. The van der Waals surface area contributed by atoms with Crippen molar-refractivity contribution in [1.29, 1.82) is 0 Å². The standard InChI is InChI=1S/C12H13N5O2/c1-19-11-3-2-9(6-13-11)12(18)16-7-10(8-16)17-5-4-14-15-17/h2-6,10H,7-8H2,1H3. The number of carbonyl (C=O) groups is 1. The summed E-state index contributed by atoms with van der Waals surface area (Å²) in [6.45, 7) is 1.29. The Bertz CT molecular complexity index is 560. The molecule has 0 aliphatic carbocycles. The van der Waals surface area contributed by atoms with Crippen LogP contribution in [-0.2, 0) is 0 Å². The largest absolute Gasteiger partial charge is 0.481 e. The van der Waals surface area contributed by atoms with Crippen molar-refractivity contribution in [1.82, 2.24) is 24.9 Å². The monoisotopic (exact) mass is 259 g/mol. The minimum Gasteiger partial charge on any atom is -0.481 e. The minimum absolute atomic E-state index is 0.0217. The van der Waals surface area contributed by atoms with E-state index in [0.29, 0.717) is 24.5 Å². The Morgan fingerprint density at radius 1 is 1.42 bits per heavy atom. The highest BCUT2D eigenvalue weighted by molar-refractivity contribution is 5.94. The lowest BCUT2D eigenvalue weighted by Gasteiger charge is -2.38. The van der Waals surface area contributed by atoms with Gasteiger partial charge in [0.05, 0.1) is 24.9 Å². The zero-order valence-corrected chi connectivity index (χ0v) is 10.4. The number of ether oxygens (including phenoxy) is 1. The summed E-state index contributed by atoms with van der Waals surface area (Å²) >= 11 is 0. The van der Waals surface area contributed by atoms with Crippen LogP contribution in [0.2, 0.25) is 0 Å². The summed E-state index contributed by atoms with van der Waals surface area (Å²) in [7, 11) is 1.54. The van der Waals surface area contributed by atoms with E-state index in [1.54, 1.807) is 41.2 Å². The summed E-state index contributed by atoms with van der Waals surface area (Å²) in [5.74, 6) is 0.479. The van der Waals surface area contributed by atoms with E-state index in [2.05, 4.69) is 15.3 Å². The number of likely N-dealkylation sites (tertiary alicyclic amines) is 1. The summed E-state index contributed by atoms with van der Waals surface area (Å²) in [6.07, 6.45) is 4.98. The van der Waals surface area contributed by atoms with Crippen molar-refractivity contribution in [3.8, 4) is 5.88 Å². The lowest BCUT2D eigenvalue weighted by Crippen LogP contribution is -2.50. The number of rotatable bonds is 3. The van der Waals surface area contributed by atoms with Gasteiger partial charge in [-0.05, 0) is 6.07 Å². The van der Waals surface area contributed by atoms with Gasteiger partial charge in [0.15, 0.2) is 0 Å². The molecule has 3 rings (SSSR count). The van der Waals surface area contributed by atoms with Crippen LogP contribution in [0.15, 0.2) is 30.7 Å². The van der Waals surface area contributed by atoms with Crippen molar-refractivity contribution in [2.24, 2.45) is 0 Å². The van der Waals surface area contributed by atoms with Gasteiger partial charge in [-0.1, -0.05) is 5.21 Å². The second-order valence-electron chi connectivity index (χ2n) is 4.34. The lowest BCUT2D eigenvalue weighted by atomic mass is 10.1. The molecule has 1 aliphatic heterocycles. The fourth-order valence-electron chi connectivity index (χ4n) is 2.01. The van der Waals surface area contributed by atoms with Crippen molar-refractivity contribution < 1.29 is 9.53 Å². The number of methoxy groups -OCH3 is 1. The zero-order valence-electron chi connectivity index (χ0n) is 10.4. The molecule has 7 nitrogen and oxygen atoms in total. The Morgan fingerprint density at radius 3 is 2.84 bits per heavy atom. The molecule has 0 spiro atoms. The quantitative estimate of drug-likeness (QED) is 0.796. The molecule has 7 heteroatoms. The van der Waals surface area contributed by atoms with E-state index in [-0.39, 0.29) is 11.9 Å². The number of amides is 1. The van der Waals surface area contributed by atoms with E-state index in [9.17, 15) is 4.79 Å². The van der Waals surface area contributed by atoms with Gasteiger partial charge in [0.25, 0.3) is 5.91 Å². The molecule has 1 saturated heterocycles. The number of pyridine rings is 1. The number of hydrogen-bond acceptors (Lipinski definition) is 5. The van der Waals surface area contributed by atoms with E-state index >= 15 is 0 Å². The van der Waals surface area contributed by atoms with E-state index in [0.717, 1.165) is 0 Å². The third-order valence-corrected chi connectivity index (χ3v) is 3.16. The maximum absolute atomic E-state index is 12.1. The van der Waals surface area contributed by atoms with Gasteiger partial charge in [-0.2, -0.15) is 0 Å². The van der Waals surface area contributed by atoms with Gasteiger partial charge in [0.2, 0.25) is 5.88 Å². The summed E-state index contributed by atoms with van der Waals surface area (Å²) in [4.78, 5) is 17.9. The lowest BCUT2D eigenvalue weighted by molar-refractivity contribution is 0.0498. The van der Waals surface area contributed by atoms with Gasteiger partial charge in [-0.25, -0.2) is 9.67 Å². The van der Waals surface area contributed by atoms with Crippen molar-refractivity contribution in [3.05, 3.63) is 36.3 Å². The molecule has 98 valence electrons. The summed E-state index contributed by atoms with van der Waals surface area (Å²) in [5.41, 5.74) is 0.567. The number of aromatic nitrogens is 4. The van der Waals surface area contributed by atoms with Crippen molar-refractivity contribution in [3.63, 3.8) is 0 Å². The van der Waals surface area contributed by atoms with Crippen LogP contribution < -0.4 is 4.74 Å². The van der Waals surface area contributed by atoms with Gasteiger partial charge >= 0.3 is 0 Å². The predicted octanol–water partition coefficient (Wildman–Crippen LogP) is 0.379. The molecular formula is C12H13N5O2. The molecule has 2 aromatic heterocycles. The first-order chi connectivity index (χ1) is 9.28. The Labute approximate surface area is 109 Å². The Kier molecular flexibility index (Phi) is 2.86. The van der Waals surface area contributed by atoms with Crippen LogP contribution in [0, 0.1) is 0 Å². The van der Waals surface area contributed by atoms with Crippen molar-refractivity contribution in [2.45, 2.75) is 6.04 Å². The molecule has 0 bridgehead atoms. The van der Waals surface area contributed by atoms with Gasteiger partial charge in [-0.3, -0.25) is 4.79 Å². The maximum atomic E-state index is 12.1. The summed E-state index contributed by atoms with van der Waals surface area (Å²) in [5, 5.41) is 7.69. The zero-order chi connectivity index (χ0) is 13.2. The molecule has 0 unspecified atom stereocenters. The van der Waals surface area contributed by atoms with Crippen LogP contribution in [0.5, 0.6) is 5.88 Å². The molecule has 1 aliphatic rings. The van der Waals surface area contributed by atoms with E-state index in [4.69, 9.17) is 4.74 Å². The Balaban J connectivity index is 1.63. The van der Waals surface area contributed by atoms with Gasteiger partial charge in [0.1, 0.15) is 0 Å². The number of carbonyl (C=O) groups excluding carboxylic acids is 1. The average Bonchev–Trinajstić information content (AvgIpc) is 2.91. The van der Waals surface area contributed by atoms with Crippen molar-refractivity contribution in [2.75, 3.05) is 20.2 Å². The van der Waals surface area contributed by atoms with Crippen LogP contribution in [0.4, 0.5) is 0 Å². The molecule has 1 amide bonds. The first kappa shape index (κ1) is 11.6. The van der Waals surface area contributed by atoms with E-state index in [1.165, 1.54) is 6.20 Å². The van der Waals surface area contributed by atoms with Crippen LogP contribution in [0.25, 0.3) is 0 Å². The Hall–Kier alpha value is -2.44. The van der Waals surface area contributed by atoms with Gasteiger partial charge in [0, 0.05) is 31.5 Å². The number of nitrogens with zero attached hydrogens (tertiary/aromatic N) is 5. The van der Waals surface area contributed by atoms with Crippen LogP contribution >= 0.6 is 0 Å². The highest BCUT2D eigenvalue weighted by Crippen LogP contribution is 2.22. The van der Waals surface area contributed by atoms with Gasteiger partial charge in [-0.15, -0.1) is 5.10 Å². The molecule has 0 N–H and O–H groups in total. The highest BCUT2D eigenvalue weighted by Gasteiger charge is 2.32. The molecule has 2 aromatic rings. The fraction of sp³-hybridized carbons (Fsp3) is 0.333.